The van der Waals surface area contributed by atoms with Gasteiger partial charge in [0.2, 0.25) is 5.91 Å². The number of aromatic nitrogens is 3. The summed E-state index contributed by atoms with van der Waals surface area (Å²) in [7, 11) is 0. The van der Waals surface area contributed by atoms with Gasteiger partial charge in [-0.3, -0.25) is 14.7 Å². The molecule has 23 heavy (non-hydrogen) atoms. The second-order valence-electron chi connectivity index (χ2n) is 5.16. The first-order valence-electron chi connectivity index (χ1n) is 6.88. The fraction of sp³-hybridized carbons (Fsp3) is 0.357. The number of halogens is 3. The molecule has 1 unspecified atom stereocenters. The van der Waals surface area contributed by atoms with Crippen LogP contribution in [0, 0.1) is 0 Å². The molecule has 1 atom stereocenters. The van der Waals surface area contributed by atoms with Crippen molar-refractivity contribution in [2.24, 2.45) is 0 Å². The van der Waals surface area contributed by atoms with Crippen molar-refractivity contribution in [1.82, 2.24) is 25.4 Å². The van der Waals surface area contributed by atoms with Crippen LogP contribution in [-0.2, 0) is 11.3 Å². The predicted octanol–water partition coefficient (Wildman–Crippen LogP) is 1.30. The summed E-state index contributed by atoms with van der Waals surface area (Å²) in [6.45, 7) is -0.344. The second-order valence-corrected chi connectivity index (χ2v) is 5.16. The standard InChI is InChI=1S/C14H15F2N5O.ClH/c15-14(16)6-11(18-8-14)13(22)17-7-12-20-19-9-21(12)10-4-2-1-3-5-10;/h1-5,9,11,18H,6-8H2,(H,17,22);1H. The van der Waals surface area contributed by atoms with Crippen LogP contribution in [0.5, 0.6) is 0 Å². The van der Waals surface area contributed by atoms with Crippen LogP contribution in [0.3, 0.4) is 0 Å². The van der Waals surface area contributed by atoms with Gasteiger partial charge in [-0.05, 0) is 12.1 Å². The minimum absolute atomic E-state index is 0. The SMILES string of the molecule is Cl.O=C(NCc1nncn1-c1ccccc1)C1CC(F)(F)CN1. The van der Waals surface area contributed by atoms with Crippen molar-refractivity contribution in [3.05, 3.63) is 42.5 Å². The zero-order valence-electron chi connectivity index (χ0n) is 12.1. The van der Waals surface area contributed by atoms with Gasteiger partial charge in [0.25, 0.3) is 5.92 Å². The number of rotatable bonds is 4. The van der Waals surface area contributed by atoms with Gasteiger partial charge in [-0.25, -0.2) is 8.78 Å². The number of nitrogens with zero attached hydrogens (tertiary/aromatic N) is 3. The highest BCUT2D eigenvalue weighted by atomic mass is 35.5. The van der Waals surface area contributed by atoms with E-state index in [9.17, 15) is 13.6 Å². The van der Waals surface area contributed by atoms with Gasteiger partial charge >= 0.3 is 0 Å². The minimum Gasteiger partial charge on any atom is -0.347 e. The fourth-order valence-electron chi connectivity index (χ4n) is 2.37. The average Bonchev–Trinajstić information content (AvgIpc) is 3.12. The molecule has 6 nitrogen and oxygen atoms in total. The van der Waals surface area contributed by atoms with Gasteiger partial charge < -0.3 is 5.32 Å². The largest absolute Gasteiger partial charge is 0.347 e. The first-order valence-corrected chi connectivity index (χ1v) is 6.88. The third-order valence-electron chi connectivity index (χ3n) is 3.50. The first-order chi connectivity index (χ1) is 10.6. The van der Waals surface area contributed by atoms with Crippen LogP contribution in [0.2, 0.25) is 0 Å². The van der Waals surface area contributed by atoms with Gasteiger partial charge in [0, 0.05) is 12.1 Å². The zero-order valence-corrected chi connectivity index (χ0v) is 12.9. The Balaban J connectivity index is 0.00000192. The Labute approximate surface area is 137 Å². The third kappa shape index (κ3) is 4.02. The molecule has 1 fully saturated rings. The molecule has 1 saturated heterocycles. The Morgan fingerprint density at radius 1 is 1.39 bits per heavy atom. The van der Waals surface area contributed by atoms with Crippen molar-refractivity contribution in [2.45, 2.75) is 24.9 Å². The molecule has 1 aliphatic heterocycles. The van der Waals surface area contributed by atoms with E-state index in [1.807, 2.05) is 30.3 Å². The van der Waals surface area contributed by atoms with E-state index in [-0.39, 0.29) is 19.0 Å². The number of para-hydroxylation sites is 1. The van der Waals surface area contributed by atoms with Crippen LogP contribution in [0.1, 0.15) is 12.2 Å². The van der Waals surface area contributed by atoms with E-state index in [2.05, 4.69) is 20.8 Å². The summed E-state index contributed by atoms with van der Waals surface area (Å²) in [6.07, 6.45) is 1.06. The van der Waals surface area contributed by atoms with E-state index in [1.165, 1.54) is 0 Å². The van der Waals surface area contributed by atoms with E-state index in [0.29, 0.717) is 5.82 Å². The van der Waals surface area contributed by atoms with Crippen molar-refractivity contribution >= 4 is 18.3 Å². The maximum absolute atomic E-state index is 13.1. The van der Waals surface area contributed by atoms with Gasteiger partial charge in [0.05, 0.1) is 19.1 Å². The summed E-state index contributed by atoms with van der Waals surface area (Å²) in [4.78, 5) is 11.9. The third-order valence-corrected chi connectivity index (χ3v) is 3.50. The maximum Gasteiger partial charge on any atom is 0.262 e. The fourth-order valence-corrected chi connectivity index (χ4v) is 2.37. The minimum atomic E-state index is -2.83. The number of alkyl halides is 2. The van der Waals surface area contributed by atoms with Gasteiger partial charge in [0.1, 0.15) is 6.33 Å². The van der Waals surface area contributed by atoms with Crippen molar-refractivity contribution < 1.29 is 13.6 Å². The summed E-state index contributed by atoms with van der Waals surface area (Å²) in [6, 6.07) is 8.54. The summed E-state index contributed by atoms with van der Waals surface area (Å²) in [5.41, 5.74) is 0.863. The van der Waals surface area contributed by atoms with E-state index in [4.69, 9.17) is 0 Å². The summed E-state index contributed by atoms with van der Waals surface area (Å²) in [5.74, 6) is -2.75. The number of nitrogens with one attached hydrogen (secondary N) is 2. The quantitative estimate of drug-likeness (QED) is 0.878. The normalized spacial score (nSPS) is 19.1. The highest BCUT2D eigenvalue weighted by Gasteiger charge is 2.42. The Kier molecular flexibility index (Phi) is 5.27. The van der Waals surface area contributed by atoms with Crippen LogP contribution in [0.4, 0.5) is 8.78 Å². The topological polar surface area (TPSA) is 71.8 Å². The van der Waals surface area contributed by atoms with Gasteiger partial charge in [-0.15, -0.1) is 22.6 Å². The van der Waals surface area contributed by atoms with Gasteiger partial charge in [0.15, 0.2) is 5.82 Å². The Hall–Kier alpha value is -2.06. The molecule has 2 N–H and O–H groups in total. The highest BCUT2D eigenvalue weighted by Crippen LogP contribution is 2.25. The lowest BCUT2D eigenvalue weighted by atomic mass is 10.2. The van der Waals surface area contributed by atoms with Crippen molar-refractivity contribution in [2.75, 3.05) is 6.54 Å². The molecule has 9 heteroatoms. The lowest BCUT2D eigenvalue weighted by Crippen LogP contribution is -2.40. The zero-order chi connectivity index (χ0) is 15.6. The Bertz CT molecular complexity index is 664. The Morgan fingerprint density at radius 3 is 2.78 bits per heavy atom. The van der Waals surface area contributed by atoms with E-state index >= 15 is 0 Å². The molecule has 3 rings (SSSR count). The van der Waals surface area contributed by atoms with E-state index in [1.54, 1.807) is 10.9 Å². The number of carbonyl (C=O) groups is 1. The molecule has 1 aliphatic rings. The molecule has 1 amide bonds. The van der Waals surface area contributed by atoms with Gasteiger partial charge in [-0.1, -0.05) is 18.2 Å². The number of amides is 1. The number of hydrogen-bond acceptors (Lipinski definition) is 4. The van der Waals surface area contributed by atoms with Gasteiger partial charge in [-0.2, -0.15) is 0 Å². The van der Waals surface area contributed by atoms with Crippen molar-refractivity contribution in [3.8, 4) is 5.69 Å². The monoisotopic (exact) mass is 343 g/mol. The lowest BCUT2D eigenvalue weighted by molar-refractivity contribution is -0.123. The first kappa shape index (κ1) is 17.3. The lowest BCUT2D eigenvalue weighted by Gasteiger charge is -2.11. The van der Waals surface area contributed by atoms with Crippen molar-refractivity contribution in [1.29, 1.82) is 0 Å². The number of benzene rings is 1. The molecule has 2 aromatic rings. The Morgan fingerprint density at radius 2 is 2.13 bits per heavy atom. The molecule has 0 radical (unpaired) electrons. The summed E-state index contributed by atoms with van der Waals surface area (Å²) < 4.78 is 27.9. The molecule has 0 bridgehead atoms. The number of hydrogen-bond donors (Lipinski definition) is 2. The molecular weight excluding hydrogens is 328 g/mol. The molecular formula is C14H16ClF2N5O. The number of carbonyl (C=O) groups excluding carboxylic acids is 1. The molecule has 2 heterocycles. The van der Waals surface area contributed by atoms with Crippen LogP contribution < -0.4 is 10.6 Å². The summed E-state index contributed by atoms with van der Waals surface area (Å²) >= 11 is 0. The van der Waals surface area contributed by atoms with Crippen LogP contribution in [0.25, 0.3) is 5.69 Å². The molecule has 0 aliphatic carbocycles. The molecule has 1 aromatic carbocycles. The predicted molar refractivity (Wildman–Crippen MR) is 81.8 cm³/mol. The van der Waals surface area contributed by atoms with E-state index in [0.717, 1.165) is 5.69 Å². The smallest absolute Gasteiger partial charge is 0.262 e. The average molecular weight is 344 g/mol. The highest BCUT2D eigenvalue weighted by molar-refractivity contribution is 5.85. The second kappa shape index (κ2) is 7.01. The van der Waals surface area contributed by atoms with Crippen LogP contribution >= 0.6 is 12.4 Å². The van der Waals surface area contributed by atoms with Crippen LogP contribution in [0.15, 0.2) is 36.7 Å². The van der Waals surface area contributed by atoms with E-state index < -0.39 is 30.8 Å². The molecule has 0 saturated carbocycles. The molecule has 1 aromatic heterocycles. The van der Waals surface area contributed by atoms with Crippen LogP contribution in [-0.4, -0.2) is 39.2 Å². The molecule has 0 spiro atoms. The maximum atomic E-state index is 13.1. The molecule has 124 valence electrons. The van der Waals surface area contributed by atoms with Crippen molar-refractivity contribution in [3.63, 3.8) is 0 Å². The summed E-state index contributed by atoms with van der Waals surface area (Å²) in [5, 5.41) is 12.9.